The van der Waals surface area contributed by atoms with Crippen LogP contribution in [0.1, 0.15) is 38.8 Å². The summed E-state index contributed by atoms with van der Waals surface area (Å²) in [6.45, 7) is 5.13. The highest BCUT2D eigenvalue weighted by atomic mass is 32.2. The van der Waals surface area contributed by atoms with Crippen LogP contribution in [0.4, 0.5) is 13.2 Å². The summed E-state index contributed by atoms with van der Waals surface area (Å²) in [7, 11) is -3.57. The van der Waals surface area contributed by atoms with Crippen molar-refractivity contribution < 1.29 is 21.6 Å². The number of nitrogens with one attached hydrogen (secondary N) is 1. The van der Waals surface area contributed by atoms with Crippen LogP contribution in [0.2, 0.25) is 0 Å². The molecular formula is C14H20F3NO2S. The minimum absolute atomic E-state index is 0.197. The second kappa shape index (κ2) is 6.36. The maximum absolute atomic E-state index is 14.0. The van der Waals surface area contributed by atoms with Crippen LogP contribution in [0.15, 0.2) is 12.1 Å². The molecule has 120 valence electrons. The van der Waals surface area contributed by atoms with E-state index in [-0.39, 0.29) is 5.56 Å². The van der Waals surface area contributed by atoms with Crippen LogP contribution in [0, 0.1) is 17.5 Å². The quantitative estimate of drug-likeness (QED) is 0.819. The lowest BCUT2D eigenvalue weighted by Gasteiger charge is -2.34. The molecule has 0 amide bonds. The van der Waals surface area contributed by atoms with Crippen molar-refractivity contribution >= 4 is 9.84 Å². The van der Waals surface area contributed by atoms with Gasteiger partial charge in [-0.15, -0.1) is 0 Å². The van der Waals surface area contributed by atoms with Crippen LogP contribution in [0.3, 0.4) is 0 Å². The largest absolute Gasteiger partial charge is 0.309 e. The van der Waals surface area contributed by atoms with Crippen LogP contribution >= 0.6 is 0 Å². The van der Waals surface area contributed by atoms with E-state index in [1.165, 1.54) is 13.8 Å². The molecule has 0 aliphatic rings. The number of hydrogen-bond donors (Lipinski definition) is 1. The molecule has 0 aliphatic heterocycles. The average molecular weight is 323 g/mol. The zero-order chi connectivity index (χ0) is 16.4. The molecule has 1 aromatic carbocycles. The van der Waals surface area contributed by atoms with Crippen LogP contribution < -0.4 is 5.32 Å². The monoisotopic (exact) mass is 323 g/mol. The van der Waals surface area contributed by atoms with Crippen molar-refractivity contribution in [2.24, 2.45) is 0 Å². The number of hydrogen-bond acceptors (Lipinski definition) is 3. The molecule has 0 bridgehead atoms. The van der Waals surface area contributed by atoms with Gasteiger partial charge in [-0.2, -0.15) is 0 Å². The molecule has 0 heterocycles. The zero-order valence-electron chi connectivity index (χ0n) is 12.5. The number of sulfone groups is 1. The van der Waals surface area contributed by atoms with Gasteiger partial charge in [-0.05, 0) is 32.9 Å². The fourth-order valence-electron chi connectivity index (χ4n) is 2.00. The second-order valence-electron chi connectivity index (χ2n) is 5.53. The summed E-state index contributed by atoms with van der Waals surface area (Å²) in [6, 6.07) is 0.892. The molecule has 0 saturated heterocycles. The van der Waals surface area contributed by atoms with Crippen LogP contribution in [-0.2, 0) is 9.84 Å². The van der Waals surface area contributed by atoms with Gasteiger partial charge in [0.15, 0.2) is 27.3 Å². The molecule has 1 atom stereocenters. The Kier molecular flexibility index (Phi) is 5.44. The third-order valence-electron chi connectivity index (χ3n) is 3.63. The molecule has 21 heavy (non-hydrogen) atoms. The van der Waals surface area contributed by atoms with Crippen molar-refractivity contribution in [3.63, 3.8) is 0 Å². The standard InChI is InChI=1S/C14H20F3NO2S/c1-5-8-18-13(14(2,3)21(4,19)20)9-6-7-10(15)12(17)11(9)16/h6-7,13,18H,5,8H2,1-4H3. The van der Waals surface area contributed by atoms with Crippen molar-refractivity contribution in [1.29, 1.82) is 0 Å². The molecule has 0 spiro atoms. The van der Waals surface area contributed by atoms with E-state index < -0.39 is 38.1 Å². The SMILES string of the molecule is CCCNC(c1ccc(F)c(F)c1F)C(C)(C)S(C)(=O)=O. The fourth-order valence-corrected chi connectivity index (χ4v) is 2.64. The Morgan fingerprint density at radius 2 is 1.76 bits per heavy atom. The van der Waals surface area contributed by atoms with E-state index in [9.17, 15) is 21.6 Å². The lowest BCUT2D eigenvalue weighted by Crippen LogP contribution is -2.45. The summed E-state index contributed by atoms with van der Waals surface area (Å²) < 4.78 is 63.0. The van der Waals surface area contributed by atoms with Crippen molar-refractivity contribution in [2.75, 3.05) is 12.8 Å². The molecule has 1 aromatic rings. The number of rotatable bonds is 6. The first-order chi connectivity index (χ1) is 9.54. The lowest BCUT2D eigenvalue weighted by atomic mass is 9.94. The normalized spacial score (nSPS) is 14.2. The highest BCUT2D eigenvalue weighted by Crippen LogP contribution is 2.34. The second-order valence-corrected chi connectivity index (χ2v) is 8.12. The minimum atomic E-state index is -3.57. The van der Waals surface area contributed by atoms with Crippen LogP contribution in [0.5, 0.6) is 0 Å². The van der Waals surface area contributed by atoms with Gasteiger partial charge in [-0.1, -0.05) is 13.0 Å². The Morgan fingerprint density at radius 3 is 2.24 bits per heavy atom. The summed E-state index contributed by atoms with van der Waals surface area (Å²) in [5, 5.41) is 2.91. The predicted molar refractivity (Wildman–Crippen MR) is 76.3 cm³/mol. The van der Waals surface area contributed by atoms with Gasteiger partial charge in [0.25, 0.3) is 0 Å². The van der Waals surface area contributed by atoms with Gasteiger partial charge in [-0.25, -0.2) is 21.6 Å². The molecule has 0 aliphatic carbocycles. The molecule has 1 rings (SSSR count). The Balaban J connectivity index is 3.43. The maximum atomic E-state index is 14.0. The van der Waals surface area contributed by atoms with Crippen LogP contribution in [0.25, 0.3) is 0 Å². The van der Waals surface area contributed by atoms with Crippen molar-refractivity contribution in [3.8, 4) is 0 Å². The maximum Gasteiger partial charge on any atom is 0.194 e. The fraction of sp³-hybridized carbons (Fsp3) is 0.571. The molecule has 1 N–H and O–H groups in total. The molecule has 0 aromatic heterocycles. The third kappa shape index (κ3) is 3.58. The molecule has 0 fully saturated rings. The van der Waals surface area contributed by atoms with Gasteiger partial charge >= 0.3 is 0 Å². The van der Waals surface area contributed by atoms with Crippen LogP contribution in [-0.4, -0.2) is 26.0 Å². The first-order valence-electron chi connectivity index (χ1n) is 6.60. The summed E-state index contributed by atoms with van der Waals surface area (Å²) in [4.78, 5) is 0. The molecular weight excluding hydrogens is 303 g/mol. The Bertz CT molecular complexity index is 615. The summed E-state index contributed by atoms with van der Waals surface area (Å²) in [5.74, 6) is -4.26. The van der Waals surface area contributed by atoms with Gasteiger partial charge in [0.2, 0.25) is 0 Å². The summed E-state index contributed by atoms with van der Waals surface area (Å²) in [5.41, 5.74) is -0.197. The van der Waals surface area contributed by atoms with E-state index in [4.69, 9.17) is 0 Å². The summed E-state index contributed by atoms with van der Waals surface area (Å²) >= 11 is 0. The summed E-state index contributed by atoms with van der Waals surface area (Å²) in [6.07, 6.45) is 1.72. The van der Waals surface area contributed by atoms with E-state index in [0.717, 1.165) is 18.4 Å². The van der Waals surface area contributed by atoms with Gasteiger partial charge in [-0.3, -0.25) is 0 Å². The van der Waals surface area contributed by atoms with Gasteiger partial charge in [0.05, 0.1) is 10.8 Å². The Hall–Kier alpha value is -1.08. The van der Waals surface area contributed by atoms with E-state index in [1.807, 2.05) is 6.92 Å². The Morgan fingerprint density at radius 1 is 1.19 bits per heavy atom. The highest BCUT2D eigenvalue weighted by molar-refractivity contribution is 7.92. The first-order valence-corrected chi connectivity index (χ1v) is 8.49. The van der Waals surface area contributed by atoms with E-state index in [0.29, 0.717) is 13.0 Å². The average Bonchev–Trinajstić information content (AvgIpc) is 2.37. The highest BCUT2D eigenvalue weighted by Gasteiger charge is 2.41. The van der Waals surface area contributed by atoms with Gasteiger partial charge < -0.3 is 5.32 Å². The van der Waals surface area contributed by atoms with E-state index >= 15 is 0 Å². The number of halogens is 3. The molecule has 0 saturated carbocycles. The molecule has 7 heteroatoms. The van der Waals surface area contributed by atoms with Crippen molar-refractivity contribution in [2.45, 2.75) is 38.0 Å². The predicted octanol–water partition coefficient (Wildman–Crippen LogP) is 2.97. The lowest BCUT2D eigenvalue weighted by molar-refractivity contribution is 0.386. The first kappa shape index (κ1) is 18.0. The van der Waals surface area contributed by atoms with Crippen molar-refractivity contribution in [1.82, 2.24) is 5.32 Å². The Labute approximate surface area is 123 Å². The van der Waals surface area contributed by atoms with Crippen molar-refractivity contribution in [3.05, 3.63) is 35.1 Å². The molecule has 0 radical (unpaired) electrons. The van der Waals surface area contributed by atoms with Gasteiger partial charge in [0, 0.05) is 11.8 Å². The topological polar surface area (TPSA) is 46.2 Å². The van der Waals surface area contributed by atoms with E-state index in [2.05, 4.69) is 5.32 Å². The third-order valence-corrected chi connectivity index (χ3v) is 5.77. The van der Waals surface area contributed by atoms with Gasteiger partial charge in [0.1, 0.15) is 0 Å². The molecule has 1 unspecified atom stereocenters. The zero-order valence-corrected chi connectivity index (χ0v) is 13.3. The molecule has 3 nitrogen and oxygen atoms in total. The number of benzene rings is 1. The van der Waals surface area contributed by atoms with E-state index in [1.54, 1.807) is 0 Å². The minimum Gasteiger partial charge on any atom is -0.309 e. The smallest absolute Gasteiger partial charge is 0.194 e.